The van der Waals surface area contributed by atoms with Crippen LogP contribution in [0.25, 0.3) is 0 Å². The molecule has 0 aliphatic heterocycles. The van der Waals surface area contributed by atoms with Gasteiger partial charge in [-0.1, -0.05) is 67.5 Å². The number of unbranched alkanes of at least 4 members (excludes halogenated alkanes) is 8. The fourth-order valence-corrected chi connectivity index (χ4v) is 2.52. The van der Waals surface area contributed by atoms with Crippen molar-refractivity contribution in [3.8, 4) is 0 Å². The Morgan fingerprint density at radius 3 is 1.65 bits per heavy atom. The van der Waals surface area contributed by atoms with E-state index in [9.17, 15) is 4.57 Å². The predicted octanol–water partition coefficient (Wildman–Crippen LogP) is 4.04. The summed E-state index contributed by atoms with van der Waals surface area (Å²) in [6.45, 7) is 0.167. The highest BCUT2D eigenvalue weighted by molar-refractivity contribution is 14.1. The standard InChI is InChI=1S/C11H24IO4P/c12-10-8-6-4-2-1-3-5-7-9-11-16-17(13,14)15/h1-11H2,(H2,13,14,15). The van der Waals surface area contributed by atoms with Crippen LogP contribution in [-0.4, -0.2) is 20.8 Å². The molecule has 0 saturated heterocycles. The van der Waals surface area contributed by atoms with Gasteiger partial charge in [-0.3, -0.25) is 4.52 Å². The molecular weight excluding hydrogens is 354 g/mol. The lowest BCUT2D eigenvalue weighted by molar-refractivity contribution is 0.193. The lowest BCUT2D eigenvalue weighted by atomic mass is 10.1. The lowest BCUT2D eigenvalue weighted by Crippen LogP contribution is -1.92. The van der Waals surface area contributed by atoms with Gasteiger partial charge in [0.2, 0.25) is 0 Å². The summed E-state index contributed by atoms with van der Waals surface area (Å²) in [5.41, 5.74) is 0. The molecule has 0 aliphatic carbocycles. The Morgan fingerprint density at radius 1 is 0.824 bits per heavy atom. The van der Waals surface area contributed by atoms with Crippen molar-refractivity contribution in [1.82, 2.24) is 0 Å². The van der Waals surface area contributed by atoms with Crippen LogP contribution in [0.5, 0.6) is 0 Å². The maximum atomic E-state index is 10.4. The monoisotopic (exact) mass is 378 g/mol. The molecule has 0 atom stereocenters. The average Bonchev–Trinajstić information content (AvgIpc) is 2.24. The first-order chi connectivity index (χ1) is 8.06. The summed E-state index contributed by atoms with van der Waals surface area (Å²) >= 11 is 2.41. The fourth-order valence-electron chi connectivity index (χ4n) is 1.62. The van der Waals surface area contributed by atoms with E-state index >= 15 is 0 Å². The smallest absolute Gasteiger partial charge is 0.303 e. The molecule has 2 N–H and O–H groups in total. The summed E-state index contributed by atoms with van der Waals surface area (Å²) in [4.78, 5) is 16.9. The molecule has 0 unspecified atom stereocenters. The van der Waals surface area contributed by atoms with Gasteiger partial charge in [0, 0.05) is 0 Å². The molecule has 0 fully saturated rings. The number of alkyl halides is 1. The molecular formula is C11H24IO4P. The Labute approximate surface area is 118 Å². The third kappa shape index (κ3) is 16.8. The van der Waals surface area contributed by atoms with Crippen molar-refractivity contribution in [2.24, 2.45) is 0 Å². The molecule has 0 rings (SSSR count). The molecule has 6 heteroatoms. The largest absolute Gasteiger partial charge is 0.469 e. The molecule has 0 amide bonds. The molecule has 0 aliphatic rings. The van der Waals surface area contributed by atoms with Crippen molar-refractivity contribution in [3.63, 3.8) is 0 Å². The van der Waals surface area contributed by atoms with Crippen molar-refractivity contribution in [1.29, 1.82) is 0 Å². The second-order valence-corrected chi connectivity index (χ2v) is 6.51. The molecule has 0 aromatic carbocycles. The molecule has 0 aromatic heterocycles. The molecule has 17 heavy (non-hydrogen) atoms. The first-order valence-corrected chi connectivity index (χ1v) is 9.38. The van der Waals surface area contributed by atoms with Crippen LogP contribution in [0.4, 0.5) is 0 Å². The molecule has 0 spiro atoms. The highest BCUT2D eigenvalue weighted by Crippen LogP contribution is 2.35. The van der Waals surface area contributed by atoms with Crippen LogP contribution < -0.4 is 0 Å². The molecule has 104 valence electrons. The van der Waals surface area contributed by atoms with Gasteiger partial charge in [0.1, 0.15) is 0 Å². The van der Waals surface area contributed by atoms with Crippen LogP contribution in [0, 0.1) is 0 Å². The third-order valence-corrected chi connectivity index (χ3v) is 3.82. The van der Waals surface area contributed by atoms with Gasteiger partial charge in [0.05, 0.1) is 6.61 Å². The minimum atomic E-state index is -4.24. The van der Waals surface area contributed by atoms with Gasteiger partial charge in [0.25, 0.3) is 0 Å². The predicted molar refractivity (Wildman–Crippen MR) is 78.4 cm³/mol. The van der Waals surface area contributed by atoms with E-state index in [4.69, 9.17) is 9.79 Å². The zero-order valence-corrected chi connectivity index (χ0v) is 13.4. The first kappa shape index (κ1) is 17.8. The van der Waals surface area contributed by atoms with Gasteiger partial charge in [0.15, 0.2) is 0 Å². The number of halogens is 1. The molecule has 0 saturated carbocycles. The third-order valence-electron chi connectivity index (χ3n) is 2.54. The SMILES string of the molecule is O=P(O)(O)OCCCCCCCCCCCI. The van der Waals surface area contributed by atoms with Crippen LogP contribution in [-0.2, 0) is 9.09 Å². The Hall–Kier alpha value is 0.840. The number of rotatable bonds is 12. The van der Waals surface area contributed by atoms with Crippen molar-refractivity contribution in [2.75, 3.05) is 11.0 Å². The summed E-state index contributed by atoms with van der Waals surface area (Å²) in [7, 11) is -4.24. The van der Waals surface area contributed by atoms with E-state index < -0.39 is 7.82 Å². The van der Waals surface area contributed by atoms with Gasteiger partial charge in [-0.05, 0) is 17.3 Å². The second-order valence-electron chi connectivity index (χ2n) is 4.19. The number of hydrogen-bond acceptors (Lipinski definition) is 2. The van der Waals surface area contributed by atoms with Gasteiger partial charge >= 0.3 is 7.82 Å². The summed E-state index contributed by atoms with van der Waals surface area (Å²) in [6.07, 6.45) is 10.7. The molecule has 0 aromatic rings. The Kier molecular flexibility index (Phi) is 12.5. The van der Waals surface area contributed by atoms with Crippen molar-refractivity contribution >= 4 is 30.4 Å². The van der Waals surface area contributed by atoms with Gasteiger partial charge in [-0.2, -0.15) is 0 Å². The van der Waals surface area contributed by atoms with Gasteiger partial charge in [-0.15, -0.1) is 0 Å². The van der Waals surface area contributed by atoms with E-state index in [1.807, 2.05) is 0 Å². The fraction of sp³-hybridized carbons (Fsp3) is 1.00. The van der Waals surface area contributed by atoms with E-state index in [-0.39, 0.29) is 6.61 Å². The van der Waals surface area contributed by atoms with Crippen molar-refractivity contribution < 1.29 is 18.9 Å². The van der Waals surface area contributed by atoms with Crippen LogP contribution in [0.3, 0.4) is 0 Å². The van der Waals surface area contributed by atoms with Crippen LogP contribution in [0.1, 0.15) is 57.8 Å². The number of hydrogen-bond donors (Lipinski definition) is 2. The van der Waals surface area contributed by atoms with Crippen LogP contribution in [0.2, 0.25) is 0 Å². The zero-order chi connectivity index (χ0) is 13.0. The molecule has 0 bridgehead atoms. The summed E-state index contributed by atoms with van der Waals surface area (Å²) < 4.78 is 16.0. The quantitative estimate of drug-likeness (QED) is 0.233. The van der Waals surface area contributed by atoms with E-state index in [1.54, 1.807) is 0 Å². The van der Waals surface area contributed by atoms with Crippen LogP contribution >= 0.6 is 30.4 Å². The minimum Gasteiger partial charge on any atom is -0.303 e. The summed E-state index contributed by atoms with van der Waals surface area (Å²) in [5.74, 6) is 0. The van der Waals surface area contributed by atoms with E-state index in [0.717, 1.165) is 19.3 Å². The minimum absolute atomic E-state index is 0.167. The van der Waals surface area contributed by atoms with Gasteiger partial charge in [-0.25, -0.2) is 4.57 Å². The average molecular weight is 378 g/mol. The summed E-state index contributed by atoms with van der Waals surface area (Å²) in [5, 5.41) is 0. The summed E-state index contributed by atoms with van der Waals surface area (Å²) in [6, 6.07) is 0. The maximum Gasteiger partial charge on any atom is 0.469 e. The topological polar surface area (TPSA) is 66.8 Å². The molecule has 4 nitrogen and oxygen atoms in total. The van der Waals surface area contributed by atoms with Crippen molar-refractivity contribution in [2.45, 2.75) is 57.8 Å². The second kappa shape index (κ2) is 11.9. The van der Waals surface area contributed by atoms with E-state index in [0.29, 0.717) is 0 Å². The highest BCUT2D eigenvalue weighted by atomic mass is 127. The Morgan fingerprint density at radius 2 is 1.24 bits per heavy atom. The van der Waals surface area contributed by atoms with Crippen molar-refractivity contribution in [3.05, 3.63) is 0 Å². The normalized spacial score (nSPS) is 11.9. The van der Waals surface area contributed by atoms with E-state index in [1.165, 1.54) is 43.0 Å². The maximum absolute atomic E-state index is 10.4. The number of phosphoric acid groups is 1. The first-order valence-electron chi connectivity index (χ1n) is 6.32. The van der Waals surface area contributed by atoms with Crippen LogP contribution in [0.15, 0.2) is 0 Å². The van der Waals surface area contributed by atoms with Gasteiger partial charge < -0.3 is 9.79 Å². The van der Waals surface area contributed by atoms with E-state index in [2.05, 4.69) is 27.1 Å². The Balaban J connectivity index is 3.01. The molecule has 0 heterocycles. The zero-order valence-electron chi connectivity index (χ0n) is 10.3. The number of phosphoric ester groups is 1. The molecule has 0 radical (unpaired) electrons. The lowest BCUT2D eigenvalue weighted by Gasteiger charge is -2.04. The highest BCUT2D eigenvalue weighted by Gasteiger charge is 2.12. The Bertz CT molecular complexity index is 208.